The fraction of sp³-hybridized carbons (Fsp3) is 0. The molecule has 2 nitrogen and oxygen atoms in total. The predicted molar refractivity (Wildman–Crippen MR) is 74.6 cm³/mol. The van der Waals surface area contributed by atoms with E-state index in [0.29, 0.717) is 5.01 Å². The SMILES string of the molecule is Oc1nc(-c2ccc(F)cc2)sc1-c1ccccc1. The number of halogens is 1. The van der Waals surface area contributed by atoms with Gasteiger partial charge in [-0.15, -0.1) is 11.3 Å². The Kier molecular flexibility index (Phi) is 3.01. The average molecular weight is 271 g/mol. The normalized spacial score (nSPS) is 10.6. The highest BCUT2D eigenvalue weighted by molar-refractivity contribution is 7.18. The van der Waals surface area contributed by atoms with Gasteiger partial charge >= 0.3 is 0 Å². The lowest BCUT2D eigenvalue weighted by Crippen LogP contribution is -1.76. The van der Waals surface area contributed by atoms with Crippen LogP contribution in [-0.4, -0.2) is 10.1 Å². The molecule has 0 bridgehead atoms. The lowest BCUT2D eigenvalue weighted by atomic mass is 10.2. The minimum absolute atomic E-state index is 0.00975. The maximum atomic E-state index is 12.9. The van der Waals surface area contributed by atoms with Crippen LogP contribution in [0.2, 0.25) is 0 Å². The van der Waals surface area contributed by atoms with Crippen LogP contribution in [0.1, 0.15) is 0 Å². The first kappa shape index (κ1) is 11.9. The highest BCUT2D eigenvalue weighted by Crippen LogP contribution is 2.38. The first-order chi connectivity index (χ1) is 9.24. The Balaban J connectivity index is 2.04. The predicted octanol–water partition coefficient (Wildman–Crippen LogP) is 4.32. The summed E-state index contributed by atoms with van der Waals surface area (Å²) < 4.78 is 12.9. The van der Waals surface area contributed by atoms with Crippen molar-refractivity contribution >= 4 is 11.3 Å². The van der Waals surface area contributed by atoms with Gasteiger partial charge in [0.25, 0.3) is 0 Å². The topological polar surface area (TPSA) is 33.1 Å². The molecule has 2 aromatic carbocycles. The van der Waals surface area contributed by atoms with Gasteiger partial charge in [-0.1, -0.05) is 30.3 Å². The van der Waals surface area contributed by atoms with Gasteiger partial charge in [-0.05, 0) is 29.8 Å². The van der Waals surface area contributed by atoms with E-state index in [1.165, 1.54) is 23.5 Å². The summed E-state index contributed by atoms with van der Waals surface area (Å²) in [5.74, 6) is -0.275. The van der Waals surface area contributed by atoms with Crippen molar-refractivity contribution in [3.8, 4) is 26.9 Å². The first-order valence-electron chi connectivity index (χ1n) is 5.75. The van der Waals surface area contributed by atoms with Crippen LogP contribution >= 0.6 is 11.3 Å². The maximum absolute atomic E-state index is 12.9. The number of benzene rings is 2. The summed E-state index contributed by atoms with van der Waals surface area (Å²) >= 11 is 1.39. The monoisotopic (exact) mass is 271 g/mol. The van der Waals surface area contributed by atoms with Crippen molar-refractivity contribution < 1.29 is 9.50 Å². The summed E-state index contributed by atoms with van der Waals surface area (Å²) in [6.45, 7) is 0. The molecular weight excluding hydrogens is 261 g/mol. The molecule has 0 fully saturated rings. The third kappa shape index (κ3) is 2.35. The zero-order chi connectivity index (χ0) is 13.2. The summed E-state index contributed by atoms with van der Waals surface area (Å²) in [6, 6.07) is 15.7. The molecule has 0 atom stereocenters. The highest BCUT2D eigenvalue weighted by atomic mass is 32.1. The van der Waals surface area contributed by atoms with Crippen molar-refractivity contribution in [2.24, 2.45) is 0 Å². The summed E-state index contributed by atoms with van der Waals surface area (Å²) in [7, 11) is 0. The van der Waals surface area contributed by atoms with Crippen LogP contribution in [0.5, 0.6) is 5.88 Å². The van der Waals surface area contributed by atoms with E-state index >= 15 is 0 Å². The van der Waals surface area contributed by atoms with E-state index in [1.54, 1.807) is 12.1 Å². The zero-order valence-electron chi connectivity index (χ0n) is 9.88. The van der Waals surface area contributed by atoms with Crippen molar-refractivity contribution in [2.45, 2.75) is 0 Å². The molecule has 0 unspecified atom stereocenters. The average Bonchev–Trinajstić information content (AvgIpc) is 2.83. The molecule has 0 aliphatic heterocycles. The molecule has 3 rings (SSSR count). The van der Waals surface area contributed by atoms with E-state index in [1.807, 2.05) is 30.3 Å². The van der Waals surface area contributed by atoms with Gasteiger partial charge < -0.3 is 5.11 Å². The fourth-order valence-corrected chi connectivity index (χ4v) is 2.78. The van der Waals surface area contributed by atoms with E-state index in [4.69, 9.17) is 0 Å². The van der Waals surface area contributed by atoms with Crippen molar-refractivity contribution in [1.82, 2.24) is 4.98 Å². The Morgan fingerprint density at radius 2 is 1.58 bits per heavy atom. The molecule has 0 amide bonds. The summed E-state index contributed by atoms with van der Waals surface area (Å²) in [5.41, 5.74) is 1.72. The van der Waals surface area contributed by atoms with Gasteiger partial charge in [0, 0.05) is 5.56 Å². The van der Waals surface area contributed by atoms with Crippen LogP contribution in [0.3, 0.4) is 0 Å². The second-order valence-electron chi connectivity index (χ2n) is 4.04. The Bertz CT molecular complexity index is 692. The molecule has 0 aliphatic carbocycles. The van der Waals surface area contributed by atoms with Crippen molar-refractivity contribution in [1.29, 1.82) is 0 Å². The zero-order valence-corrected chi connectivity index (χ0v) is 10.7. The van der Waals surface area contributed by atoms with Gasteiger partial charge in [0.1, 0.15) is 10.8 Å². The van der Waals surface area contributed by atoms with Gasteiger partial charge in [-0.3, -0.25) is 0 Å². The molecule has 1 N–H and O–H groups in total. The van der Waals surface area contributed by atoms with Crippen LogP contribution in [0.15, 0.2) is 54.6 Å². The summed E-state index contributed by atoms with van der Waals surface area (Å²) in [6.07, 6.45) is 0. The van der Waals surface area contributed by atoms with Gasteiger partial charge in [0.2, 0.25) is 5.88 Å². The van der Waals surface area contributed by atoms with E-state index in [-0.39, 0.29) is 11.7 Å². The van der Waals surface area contributed by atoms with Crippen molar-refractivity contribution in [3.05, 3.63) is 60.4 Å². The molecule has 1 aromatic heterocycles. The smallest absolute Gasteiger partial charge is 0.230 e. The molecule has 1 heterocycles. The Labute approximate surface area is 113 Å². The molecule has 0 aliphatic rings. The minimum atomic E-state index is -0.284. The van der Waals surface area contributed by atoms with Crippen LogP contribution in [0, 0.1) is 5.82 Å². The van der Waals surface area contributed by atoms with Gasteiger partial charge in [0.15, 0.2) is 0 Å². The lowest BCUT2D eigenvalue weighted by Gasteiger charge is -1.95. The number of aromatic hydroxyl groups is 1. The fourth-order valence-electron chi connectivity index (χ4n) is 1.81. The molecule has 0 spiro atoms. The molecule has 4 heteroatoms. The first-order valence-corrected chi connectivity index (χ1v) is 6.57. The molecule has 0 radical (unpaired) electrons. The van der Waals surface area contributed by atoms with E-state index in [0.717, 1.165) is 16.0 Å². The third-order valence-electron chi connectivity index (χ3n) is 2.74. The van der Waals surface area contributed by atoms with Crippen molar-refractivity contribution in [2.75, 3.05) is 0 Å². The molecular formula is C15H10FNOS. The molecule has 0 saturated carbocycles. The lowest BCUT2D eigenvalue weighted by molar-refractivity contribution is 0.459. The third-order valence-corrected chi connectivity index (χ3v) is 3.88. The second-order valence-corrected chi connectivity index (χ2v) is 5.04. The highest BCUT2D eigenvalue weighted by Gasteiger charge is 2.13. The molecule has 94 valence electrons. The quantitative estimate of drug-likeness (QED) is 0.753. The van der Waals surface area contributed by atoms with Crippen LogP contribution < -0.4 is 0 Å². The summed E-state index contributed by atoms with van der Waals surface area (Å²) in [4.78, 5) is 4.86. The Hall–Kier alpha value is -2.20. The van der Waals surface area contributed by atoms with Crippen LogP contribution in [0.4, 0.5) is 4.39 Å². The molecule has 3 aromatic rings. The molecule has 19 heavy (non-hydrogen) atoms. The van der Waals surface area contributed by atoms with Gasteiger partial charge in [-0.25, -0.2) is 9.37 Å². The number of hydrogen-bond acceptors (Lipinski definition) is 3. The van der Waals surface area contributed by atoms with Crippen LogP contribution in [-0.2, 0) is 0 Å². The summed E-state index contributed by atoms with van der Waals surface area (Å²) in [5, 5.41) is 10.6. The standard InChI is InChI=1S/C15H10FNOS/c16-12-8-6-11(7-9-12)15-17-14(18)13(19-15)10-4-2-1-3-5-10/h1-9,18H. The molecule has 0 saturated heterocycles. The maximum Gasteiger partial charge on any atom is 0.230 e. The van der Waals surface area contributed by atoms with E-state index in [9.17, 15) is 9.50 Å². The minimum Gasteiger partial charge on any atom is -0.492 e. The number of nitrogens with zero attached hydrogens (tertiary/aromatic N) is 1. The van der Waals surface area contributed by atoms with Crippen LogP contribution in [0.25, 0.3) is 21.0 Å². The van der Waals surface area contributed by atoms with Gasteiger partial charge in [-0.2, -0.15) is 0 Å². The Morgan fingerprint density at radius 1 is 0.895 bits per heavy atom. The van der Waals surface area contributed by atoms with Gasteiger partial charge in [0.05, 0.1) is 4.88 Å². The van der Waals surface area contributed by atoms with E-state index in [2.05, 4.69) is 4.98 Å². The van der Waals surface area contributed by atoms with E-state index < -0.39 is 0 Å². The number of aromatic nitrogens is 1. The Morgan fingerprint density at radius 3 is 2.26 bits per heavy atom. The largest absolute Gasteiger partial charge is 0.492 e. The van der Waals surface area contributed by atoms with Crippen molar-refractivity contribution in [3.63, 3.8) is 0 Å². The second kappa shape index (κ2) is 4.82. The number of thiazole rings is 1. The number of rotatable bonds is 2. The number of hydrogen-bond donors (Lipinski definition) is 1.